The van der Waals surface area contributed by atoms with Crippen LogP contribution in [-0.4, -0.2) is 52.0 Å². The molecule has 0 radical (unpaired) electrons. The Labute approximate surface area is 97.6 Å². The van der Waals surface area contributed by atoms with Gasteiger partial charge in [0, 0.05) is 7.11 Å². The first kappa shape index (κ1) is 11.0. The monoisotopic (exact) mass is 242 g/mol. The van der Waals surface area contributed by atoms with Crippen LogP contribution in [0.15, 0.2) is 0 Å². The molecule has 1 aromatic heterocycles. The Morgan fingerprint density at radius 1 is 1.29 bits per heavy atom. The van der Waals surface area contributed by atoms with Crippen molar-refractivity contribution in [2.24, 2.45) is 0 Å². The van der Waals surface area contributed by atoms with Crippen LogP contribution in [0.1, 0.15) is 25.8 Å². The largest absolute Gasteiger partial charge is 0.353 e. The number of H-pyrrole nitrogens is 1. The molecule has 1 unspecified atom stereocenters. The highest BCUT2D eigenvalue weighted by molar-refractivity contribution is 5.02. The van der Waals surface area contributed by atoms with Crippen LogP contribution in [0.2, 0.25) is 0 Å². The Morgan fingerprint density at radius 3 is 2.71 bits per heavy atom. The molecule has 0 aliphatic carbocycles. The summed E-state index contributed by atoms with van der Waals surface area (Å²) in [6.45, 7) is 3.71. The average molecular weight is 242 g/mol. The molecule has 8 heteroatoms. The molecule has 94 valence electrons. The molecule has 4 atom stereocenters. The van der Waals surface area contributed by atoms with Crippen molar-refractivity contribution in [1.82, 2.24) is 20.6 Å². The summed E-state index contributed by atoms with van der Waals surface area (Å²) in [4.78, 5) is 0. The van der Waals surface area contributed by atoms with Crippen LogP contribution in [-0.2, 0) is 18.9 Å². The highest BCUT2D eigenvalue weighted by atomic mass is 16.8. The van der Waals surface area contributed by atoms with E-state index in [2.05, 4.69) is 20.6 Å². The van der Waals surface area contributed by atoms with Crippen LogP contribution in [0.4, 0.5) is 0 Å². The first-order valence-corrected chi connectivity index (χ1v) is 5.38. The molecule has 3 rings (SSSR count). The standard InChI is InChI=1S/C9H14N4O4/c1-9(2)16-4-5(7-10-12-13-11-7)15-8(14-3)6(4)17-9/h4-6,8H,1-3H3,(H,10,11,12,13)/t4-,5+,6-,8?/m1/s1. The molecular weight excluding hydrogens is 228 g/mol. The second kappa shape index (κ2) is 3.70. The maximum Gasteiger partial charge on any atom is 0.206 e. The fourth-order valence-electron chi connectivity index (χ4n) is 2.25. The summed E-state index contributed by atoms with van der Waals surface area (Å²) in [5.41, 5.74) is 0. The molecule has 0 bridgehead atoms. The van der Waals surface area contributed by atoms with Gasteiger partial charge in [-0.1, -0.05) is 5.21 Å². The minimum Gasteiger partial charge on any atom is -0.353 e. The van der Waals surface area contributed by atoms with Crippen LogP contribution in [0.3, 0.4) is 0 Å². The van der Waals surface area contributed by atoms with Gasteiger partial charge >= 0.3 is 0 Å². The molecule has 0 saturated carbocycles. The van der Waals surface area contributed by atoms with E-state index < -0.39 is 18.2 Å². The van der Waals surface area contributed by atoms with Crippen molar-refractivity contribution < 1.29 is 18.9 Å². The normalized spacial score (nSPS) is 39.5. The third-order valence-electron chi connectivity index (χ3n) is 2.86. The number of hydrogen-bond donors (Lipinski definition) is 1. The van der Waals surface area contributed by atoms with Crippen LogP contribution in [0.5, 0.6) is 0 Å². The predicted molar refractivity (Wildman–Crippen MR) is 52.6 cm³/mol. The summed E-state index contributed by atoms with van der Waals surface area (Å²) >= 11 is 0. The van der Waals surface area contributed by atoms with E-state index in [0.29, 0.717) is 5.82 Å². The molecule has 1 N–H and O–H groups in total. The van der Waals surface area contributed by atoms with Gasteiger partial charge in [-0.25, -0.2) is 0 Å². The minimum absolute atomic E-state index is 0.279. The van der Waals surface area contributed by atoms with Crippen LogP contribution in [0, 0.1) is 0 Å². The minimum atomic E-state index is -0.655. The second-order valence-electron chi connectivity index (χ2n) is 4.50. The van der Waals surface area contributed by atoms with Crippen molar-refractivity contribution in [3.8, 4) is 0 Å². The summed E-state index contributed by atoms with van der Waals surface area (Å²) in [7, 11) is 1.56. The fourth-order valence-corrected chi connectivity index (χ4v) is 2.25. The second-order valence-corrected chi connectivity index (χ2v) is 4.50. The molecule has 17 heavy (non-hydrogen) atoms. The predicted octanol–water partition coefficient (Wildman–Crippen LogP) is -0.236. The number of aromatic nitrogens is 4. The lowest BCUT2D eigenvalue weighted by Gasteiger charge is -2.22. The SMILES string of the molecule is COC1O[C@H](c2nn[nH]n2)[C@H]2OC(C)(C)O[C@@H]12. The quantitative estimate of drug-likeness (QED) is 0.765. The number of aromatic amines is 1. The third kappa shape index (κ3) is 1.73. The molecule has 2 aliphatic heterocycles. The van der Waals surface area contributed by atoms with Gasteiger partial charge in [-0.05, 0) is 13.8 Å². The Kier molecular flexibility index (Phi) is 2.40. The Balaban J connectivity index is 1.88. The van der Waals surface area contributed by atoms with E-state index in [-0.39, 0.29) is 12.2 Å². The molecule has 1 aromatic rings. The summed E-state index contributed by atoms with van der Waals surface area (Å²) in [5, 5.41) is 13.7. The molecular formula is C9H14N4O4. The number of hydrogen-bond acceptors (Lipinski definition) is 7. The lowest BCUT2D eigenvalue weighted by molar-refractivity contribution is -0.229. The zero-order chi connectivity index (χ0) is 12.0. The van der Waals surface area contributed by atoms with E-state index in [1.807, 2.05) is 13.8 Å². The molecule has 0 spiro atoms. The maximum absolute atomic E-state index is 5.79. The highest BCUT2D eigenvalue weighted by Crippen LogP contribution is 2.44. The summed E-state index contributed by atoms with van der Waals surface area (Å²) in [6.07, 6.45) is -1.47. The van der Waals surface area contributed by atoms with E-state index >= 15 is 0 Å². The number of ether oxygens (including phenoxy) is 4. The molecule has 8 nitrogen and oxygen atoms in total. The smallest absolute Gasteiger partial charge is 0.206 e. The Morgan fingerprint density at radius 2 is 2.06 bits per heavy atom. The van der Waals surface area contributed by atoms with Crippen molar-refractivity contribution in [3.05, 3.63) is 5.82 Å². The third-order valence-corrected chi connectivity index (χ3v) is 2.86. The fraction of sp³-hybridized carbons (Fsp3) is 0.889. The van der Waals surface area contributed by atoms with Gasteiger partial charge in [0.15, 0.2) is 18.2 Å². The molecule has 3 heterocycles. The van der Waals surface area contributed by atoms with Gasteiger partial charge in [0.25, 0.3) is 0 Å². The number of rotatable bonds is 2. The molecule has 2 aliphatic rings. The van der Waals surface area contributed by atoms with Gasteiger partial charge < -0.3 is 18.9 Å². The summed E-state index contributed by atoms with van der Waals surface area (Å²) < 4.78 is 22.4. The van der Waals surface area contributed by atoms with E-state index in [0.717, 1.165) is 0 Å². The van der Waals surface area contributed by atoms with Gasteiger partial charge in [-0.15, -0.1) is 10.2 Å². The first-order chi connectivity index (χ1) is 8.11. The zero-order valence-corrected chi connectivity index (χ0v) is 9.78. The number of nitrogens with zero attached hydrogens (tertiary/aromatic N) is 3. The van der Waals surface area contributed by atoms with Crippen molar-refractivity contribution in [3.63, 3.8) is 0 Å². The Bertz CT molecular complexity index is 396. The molecule has 0 aromatic carbocycles. The average Bonchev–Trinajstić information content (AvgIpc) is 2.91. The number of tetrazole rings is 1. The van der Waals surface area contributed by atoms with Crippen molar-refractivity contribution in [2.45, 2.75) is 44.2 Å². The summed E-state index contributed by atoms with van der Waals surface area (Å²) in [6, 6.07) is 0. The van der Waals surface area contributed by atoms with Crippen LogP contribution < -0.4 is 0 Å². The molecule has 2 fully saturated rings. The van der Waals surface area contributed by atoms with E-state index in [4.69, 9.17) is 18.9 Å². The first-order valence-electron chi connectivity index (χ1n) is 5.38. The van der Waals surface area contributed by atoms with Gasteiger partial charge in [-0.3, -0.25) is 0 Å². The summed E-state index contributed by atoms with van der Waals surface area (Å²) in [5.74, 6) is -0.210. The van der Waals surface area contributed by atoms with Gasteiger partial charge in [-0.2, -0.15) is 5.21 Å². The van der Waals surface area contributed by atoms with Gasteiger partial charge in [0.2, 0.25) is 5.82 Å². The van der Waals surface area contributed by atoms with Crippen LogP contribution in [0.25, 0.3) is 0 Å². The number of fused-ring (bicyclic) bond motifs is 1. The number of nitrogens with one attached hydrogen (secondary N) is 1. The van der Waals surface area contributed by atoms with Crippen LogP contribution >= 0.6 is 0 Å². The van der Waals surface area contributed by atoms with Gasteiger partial charge in [0.1, 0.15) is 12.2 Å². The van der Waals surface area contributed by atoms with Crippen molar-refractivity contribution in [2.75, 3.05) is 7.11 Å². The van der Waals surface area contributed by atoms with E-state index in [9.17, 15) is 0 Å². The zero-order valence-electron chi connectivity index (χ0n) is 9.78. The van der Waals surface area contributed by atoms with E-state index in [1.54, 1.807) is 7.11 Å². The Hall–Kier alpha value is -1.09. The van der Waals surface area contributed by atoms with Crippen molar-refractivity contribution in [1.29, 1.82) is 0 Å². The molecule has 2 saturated heterocycles. The molecule has 0 amide bonds. The van der Waals surface area contributed by atoms with Crippen molar-refractivity contribution >= 4 is 0 Å². The van der Waals surface area contributed by atoms with Gasteiger partial charge in [0.05, 0.1) is 0 Å². The maximum atomic E-state index is 5.79. The van der Waals surface area contributed by atoms with E-state index in [1.165, 1.54) is 0 Å². The lowest BCUT2D eigenvalue weighted by Crippen LogP contribution is -2.30. The lowest BCUT2D eigenvalue weighted by atomic mass is 10.1. The topological polar surface area (TPSA) is 91.4 Å². The number of methoxy groups -OCH3 is 1. The highest BCUT2D eigenvalue weighted by Gasteiger charge is 2.57.